The van der Waals surface area contributed by atoms with Crippen LogP contribution in [0.25, 0.3) is 0 Å². The normalized spacial score (nSPS) is 12.7. The van der Waals surface area contributed by atoms with Crippen LogP contribution in [-0.4, -0.2) is 19.1 Å². The van der Waals surface area contributed by atoms with Crippen molar-refractivity contribution in [2.24, 2.45) is 5.92 Å². The number of rotatable bonds is 7. The molecule has 1 unspecified atom stereocenters. The zero-order valence-corrected chi connectivity index (χ0v) is 11.0. The molecule has 0 spiro atoms. The molecular formula is C14H21ClO. The molecule has 0 amide bonds. The first kappa shape index (κ1) is 13.5. The quantitative estimate of drug-likeness (QED) is 0.520. The fraction of sp³-hybridized carbons (Fsp3) is 0.571. The van der Waals surface area contributed by atoms with E-state index in [1.54, 1.807) is 0 Å². The number of ether oxygens (including phenoxy) is 1. The van der Waals surface area contributed by atoms with Crippen molar-refractivity contribution in [3.05, 3.63) is 35.4 Å². The van der Waals surface area contributed by atoms with Crippen LogP contribution in [0.15, 0.2) is 24.3 Å². The van der Waals surface area contributed by atoms with Gasteiger partial charge in [0.25, 0.3) is 0 Å². The predicted molar refractivity (Wildman–Crippen MR) is 70.2 cm³/mol. The summed E-state index contributed by atoms with van der Waals surface area (Å²) in [5.41, 5.74) is 2.67. The molecule has 0 bridgehead atoms. The number of benzene rings is 1. The zero-order chi connectivity index (χ0) is 11.8. The molecule has 16 heavy (non-hydrogen) atoms. The summed E-state index contributed by atoms with van der Waals surface area (Å²) in [6.45, 7) is 5.74. The SMILES string of the molecule is CCOCCC(CCl)Cc1ccc(C)cc1. The highest BCUT2D eigenvalue weighted by molar-refractivity contribution is 6.18. The molecule has 0 aliphatic rings. The Hall–Kier alpha value is -0.530. The second kappa shape index (κ2) is 7.70. The van der Waals surface area contributed by atoms with Crippen LogP contribution < -0.4 is 0 Å². The summed E-state index contributed by atoms with van der Waals surface area (Å²) in [7, 11) is 0. The fourth-order valence-electron chi connectivity index (χ4n) is 1.69. The van der Waals surface area contributed by atoms with Gasteiger partial charge < -0.3 is 4.74 Å². The smallest absolute Gasteiger partial charge is 0.0469 e. The molecule has 0 saturated heterocycles. The van der Waals surface area contributed by atoms with Gasteiger partial charge in [-0.25, -0.2) is 0 Å². The van der Waals surface area contributed by atoms with Gasteiger partial charge in [0.15, 0.2) is 0 Å². The van der Waals surface area contributed by atoms with E-state index >= 15 is 0 Å². The van der Waals surface area contributed by atoms with E-state index in [4.69, 9.17) is 16.3 Å². The lowest BCUT2D eigenvalue weighted by Gasteiger charge is -2.13. The topological polar surface area (TPSA) is 9.23 Å². The van der Waals surface area contributed by atoms with Crippen molar-refractivity contribution < 1.29 is 4.74 Å². The molecule has 0 aliphatic heterocycles. The molecule has 0 radical (unpaired) electrons. The van der Waals surface area contributed by atoms with Gasteiger partial charge in [0.05, 0.1) is 0 Å². The average molecular weight is 241 g/mol. The Morgan fingerprint density at radius 3 is 2.50 bits per heavy atom. The van der Waals surface area contributed by atoms with Crippen molar-refractivity contribution in [1.82, 2.24) is 0 Å². The van der Waals surface area contributed by atoms with Crippen LogP contribution >= 0.6 is 11.6 Å². The van der Waals surface area contributed by atoms with E-state index in [-0.39, 0.29) is 0 Å². The first-order valence-corrected chi connectivity index (χ1v) is 6.49. The summed E-state index contributed by atoms with van der Waals surface area (Å²) in [6, 6.07) is 8.69. The van der Waals surface area contributed by atoms with E-state index in [9.17, 15) is 0 Å². The Kier molecular flexibility index (Phi) is 6.51. The number of hydrogen-bond acceptors (Lipinski definition) is 1. The van der Waals surface area contributed by atoms with Gasteiger partial charge in [0, 0.05) is 19.1 Å². The molecule has 0 heterocycles. The summed E-state index contributed by atoms with van der Waals surface area (Å²) < 4.78 is 5.36. The first-order chi connectivity index (χ1) is 7.76. The van der Waals surface area contributed by atoms with Crippen LogP contribution in [0.2, 0.25) is 0 Å². The average Bonchev–Trinajstić information content (AvgIpc) is 2.31. The van der Waals surface area contributed by atoms with Crippen molar-refractivity contribution >= 4 is 11.6 Å². The molecule has 2 heteroatoms. The third-order valence-electron chi connectivity index (χ3n) is 2.74. The van der Waals surface area contributed by atoms with E-state index in [1.807, 2.05) is 6.92 Å². The summed E-state index contributed by atoms with van der Waals surface area (Å²) in [4.78, 5) is 0. The van der Waals surface area contributed by atoms with Crippen LogP contribution in [0.3, 0.4) is 0 Å². The Bertz CT molecular complexity index is 281. The Labute approximate surface area is 104 Å². The fourth-order valence-corrected chi connectivity index (χ4v) is 1.95. The summed E-state index contributed by atoms with van der Waals surface area (Å²) >= 11 is 5.97. The van der Waals surface area contributed by atoms with E-state index in [0.717, 1.165) is 26.1 Å². The highest BCUT2D eigenvalue weighted by Gasteiger charge is 2.08. The molecule has 1 rings (SSSR count). The minimum absolute atomic E-state index is 0.524. The van der Waals surface area contributed by atoms with Crippen molar-refractivity contribution in [2.45, 2.75) is 26.7 Å². The standard InChI is InChI=1S/C14H21ClO/c1-3-16-9-8-14(11-15)10-13-6-4-12(2)5-7-13/h4-7,14H,3,8-11H2,1-2H3. The second-order valence-corrected chi connectivity index (χ2v) is 4.50. The summed E-state index contributed by atoms with van der Waals surface area (Å²) in [5.74, 6) is 1.23. The van der Waals surface area contributed by atoms with E-state index in [2.05, 4.69) is 31.2 Å². The maximum atomic E-state index is 5.97. The molecule has 1 atom stereocenters. The Morgan fingerprint density at radius 2 is 1.94 bits per heavy atom. The van der Waals surface area contributed by atoms with E-state index in [0.29, 0.717) is 11.8 Å². The number of alkyl halides is 1. The lowest BCUT2D eigenvalue weighted by Crippen LogP contribution is -2.10. The molecule has 0 saturated carbocycles. The van der Waals surface area contributed by atoms with Gasteiger partial charge in [-0.2, -0.15) is 0 Å². The minimum atomic E-state index is 0.524. The lowest BCUT2D eigenvalue weighted by atomic mass is 9.98. The number of aryl methyl sites for hydroxylation is 1. The lowest BCUT2D eigenvalue weighted by molar-refractivity contribution is 0.134. The van der Waals surface area contributed by atoms with Crippen molar-refractivity contribution in [1.29, 1.82) is 0 Å². The zero-order valence-electron chi connectivity index (χ0n) is 10.2. The monoisotopic (exact) mass is 240 g/mol. The molecule has 0 N–H and O–H groups in total. The van der Waals surface area contributed by atoms with Gasteiger partial charge in [-0.1, -0.05) is 29.8 Å². The predicted octanol–water partition coefficient (Wildman–Crippen LogP) is 3.82. The second-order valence-electron chi connectivity index (χ2n) is 4.20. The van der Waals surface area contributed by atoms with Crippen molar-refractivity contribution in [3.8, 4) is 0 Å². The summed E-state index contributed by atoms with van der Waals surface area (Å²) in [5, 5.41) is 0. The van der Waals surface area contributed by atoms with Crippen LogP contribution in [-0.2, 0) is 11.2 Å². The number of halogens is 1. The van der Waals surface area contributed by atoms with Crippen molar-refractivity contribution in [2.75, 3.05) is 19.1 Å². The molecule has 1 nitrogen and oxygen atoms in total. The van der Waals surface area contributed by atoms with Gasteiger partial charge in [0.2, 0.25) is 0 Å². The van der Waals surface area contributed by atoms with Crippen LogP contribution in [0, 0.1) is 12.8 Å². The van der Waals surface area contributed by atoms with Crippen LogP contribution in [0.1, 0.15) is 24.5 Å². The third kappa shape index (κ3) is 5.00. The molecule has 0 aliphatic carbocycles. The molecule has 1 aromatic carbocycles. The molecule has 1 aromatic rings. The first-order valence-electron chi connectivity index (χ1n) is 5.95. The maximum absolute atomic E-state index is 5.97. The number of hydrogen-bond donors (Lipinski definition) is 0. The van der Waals surface area contributed by atoms with Gasteiger partial charge >= 0.3 is 0 Å². The Balaban J connectivity index is 2.40. The largest absolute Gasteiger partial charge is 0.382 e. The van der Waals surface area contributed by atoms with E-state index < -0.39 is 0 Å². The van der Waals surface area contributed by atoms with Gasteiger partial charge in [-0.3, -0.25) is 0 Å². The van der Waals surface area contributed by atoms with Crippen molar-refractivity contribution in [3.63, 3.8) is 0 Å². The van der Waals surface area contributed by atoms with Gasteiger partial charge in [-0.15, -0.1) is 11.6 Å². The summed E-state index contributed by atoms with van der Waals surface area (Å²) in [6.07, 6.45) is 2.10. The highest BCUT2D eigenvalue weighted by atomic mass is 35.5. The molecule has 90 valence electrons. The van der Waals surface area contributed by atoms with E-state index in [1.165, 1.54) is 11.1 Å². The minimum Gasteiger partial charge on any atom is -0.382 e. The molecule has 0 aromatic heterocycles. The third-order valence-corrected chi connectivity index (χ3v) is 3.17. The van der Waals surface area contributed by atoms with Crippen LogP contribution in [0.5, 0.6) is 0 Å². The molecule has 0 fully saturated rings. The Morgan fingerprint density at radius 1 is 1.25 bits per heavy atom. The van der Waals surface area contributed by atoms with Gasteiger partial charge in [-0.05, 0) is 38.2 Å². The highest BCUT2D eigenvalue weighted by Crippen LogP contribution is 2.15. The molecular weight excluding hydrogens is 220 g/mol. The maximum Gasteiger partial charge on any atom is 0.0469 e. The van der Waals surface area contributed by atoms with Gasteiger partial charge in [0.1, 0.15) is 0 Å². The van der Waals surface area contributed by atoms with Crippen LogP contribution in [0.4, 0.5) is 0 Å².